The van der Waals surface area contributed by atoms with Gasteiger partial charge < -0.3 is 24.6 Å². The minimum absolute atomic E-state index is 0.0559. The molecule has 0 bridgehead atoms. The Balaban J connectivity index is 1.89. The van der Waals surface area contributed by atoms with Crippen molar-refractivity contribution in [2.24, 2.45) is 0 Å². The molecule has 1 saturated heterocycles. The Labute approximate surface area is 196 Å². The molecule has 1 aliphatic rings. The number of nitrogens with zero attached hydrogens (tertiary/aromatic N) is 1. The maximum atomic E-state index is 9.87. The van der Waals surface area contributed by atoms with Crippen molar-refractivity contribution >= 4 is 5.69 Å². The van der Waals surface area contributed by atoms with Gasteiger partial charge in [0.05, 0.1) is 12.1 Å². The van der Waals surface area contributed by atoms with E-state index in [4.69, 9.17) is 9.47 Å². The highest BCUT2D eigenvalue weighted by Gasteiger charge is 2.51. The van der Waals surface area contributed by atoms with Gasteiger partial charge in [-0.25, -0.2) is 0 Å². The summed E-state index contributed by atoms with van der Waals surface area (Å²) < 4.78 is 12.1. The maximum absolute atomic E-state index is 9.87. The first kappa shape index (κ1) is 23.1. The number of aromatic hydroxyl groups is 2. The summed E-state index contributed by atoms with van der Waals surface area (Å²) >= 11 is 0. The van der Waals surface area contributed by atoms with Crippen LogP contribution < -0.4 is 4.90 Å². The van der Waals surface area contributed by atoms with Crippen molar-refractivity contribution in [3.63, 3.8) is 0 Å². The molecule has 0 amide bonds. The fourth-order valence-corrected chi connectivity index (χ4v) is 4.87. The second-order valence-corrected chi connectivity index (χ2v) is 9.68. The lowest BCUT2D eigenvalue weighted by Gasteiger charge is -2.34. The van der Waals surface area contributed by atoms with E-state index in [1.54, 1.807) is 38.5 Å². The lowest BCUT2D eigenvalue weighted by molar-refractivity contribution is -0.0288. The quantitative estimate of drug-likeness (QED) is 0.523. The molecule has 3 aromatic rings. The molecule has 1 fully saturated rings. The third kappa shape index (κ3) is 4.43. The topological polar surface area (TPSA) is 62.2 Å². The maximum Gasteiger partial charge on any atom is 0.115 e. The van der Waals surface area contributed by atoms with E-state index in [9.17, 15) is 10.2 Å². The van der Waals surface area contributed by atoms with Crippen LogP contribution in [0.4, 0.5) is 5.69 Å². The Kier molecular flexibility index (Phi) is 6.37. The van der Waals surface area contributed by atoms with E-state index in [0.717, 1.165) is 16.8 Å². The molecule has 5 nitrogen and oxygen atoms in total. The molecule has 0 saturated carbocycles. The van der Waals surface area contributed by atoms with E-state index in [2.05, 4.69) is 49.9 Å². The molecular formula is C28H33NO4. The van der Waals surface area contributed by atoms with Crippen molar-refractivity contribution in [1.82, 2.24) is 0 Å². The Morgan fingerprint density at radius 1 is 0.636 bits per heavy atom. The lowest BCUT2D eigenvalue weighted by Crippen LogP contribution is -2.31. The third-order valence-corrected chi connectivity index (χ3v) is 6.59. The van der Waals surface area contributed by atoms with Crippen molar-refractivity contribution in [3.8, 4) is 11.5 Å². The van der Waals surface area contributed by atoms with E-state index in [1.807, 2.05) is 24.3 Å². The summed E-state index contributed by atoms with van der Waals surface area (Å²) in [7, 11) is 3.42. The number of rotatable bonds is 5. The Bertz CT molecular complexity index is 996. The van der Waals surface area contributed by atoms with Gasteiger partial charge >= 0.3 is 0 Å². The van der Waals surface area contributed by atoms with Gasteiger partial charge in [-0.15, -0.1) is 0 Å². The number of ether oxygens (including phenoxy) is 2. The van der Waals surface area contributed by atoms with Gasteiger partial charge in [-0.1, -0.05) is 57.2 Å². The number of hydrogen-bond acceptors (Lipinski definition) is 5. The molecule has 0 aliphatic carbocycles. The molecule has 1 heterocycles. The minimum Gasteiger partial charge on any atom is -0.508 e. The van der Waals surface area contributed by atoms with Crippen LogP contribution in [-0.2, 0) is 14.9 Å². The van der Waals surface area contributed by atoms with Crippen LogP contribution in [0.1, 0.15) is 49.5 Å². The molecule has 2 N–H and O–H groups in total. The van der Waals surface area contributed by atoms with Gasteiger partial charge in [0.15, 0.2) is 0 Å². The van der Waals surface area contributed by atoms with Crippen molar-refractivity contribution in [2.75, 3.05) is 19.1 Å². The van der Waals surface area contributed by atoms with Crippen LogP contribution >= 0.6 is 0 Å². The first-order chi connectivity index (χ1) is 15.7. The summed E-state index contributed by atoms with van der Waals surface area (Å²) in [5, 5.41) is 19.7. The first-order valence-electron chi connectivity index (χ1n) is 11.3. The van der Waals surface area contributed by atoms with Crippen LogP contribution in [0.3, 0.4) is 0 Å². The van der Waals surface area contributed by atoms with E-state index in [-0.39, 0.29) is 41.2 Å². The van der Waals surface area contributed by atoms with E-state index in [0.29, 0.717) is 0 Å². The molecule has 3 aromatic carbocycles. The fraction of sp³-hybridized carbons (Fsp3) is 0.357. The normalized spacial score (nSPS) is 23.1. The molecule has 4 atom stereocenters. The van der Waals surface area contributed by atoms with Gasteiger partial charge in [-0.3, -0.25) is 0 Å². The SMILES string of the molecule is CO[C@H]1[C@H](OC)[C@@H](c2ccc(O)cc2)N(c2ccc(C(C)(C)C)cc2)[C@@H]1c1ccc(O)cc1. The zero-order valence-electron chi connectivity index (χ0n) is 19.9. The van der Waals surface area contributed by atoms with Crippen LogP contribution in [0, 0.1) is 0 Å². The molecule has 0 aromatic heterocycles. The summed E-state index contributed by atoms with van der Waals surface area (Å²) in [6.45, 7) is 6.62. The highest BCUT2D eigenvalue weighted by Crippen LogP contribution is 2.49. The van der Waals surface area contributed by atoms with E-state index in [1.165, 1.54) is 5.56 Å². The molecule has 0 radical (unpaired) electrons. The smallest absolute Gasteiger partial charge is 0.115 e. The fourth-order valence-electron chi connectivity index (χ4n) is 4.87. The van der Waals surface area contributed by atoms with Crippen LogP contribution in [0.2, 0.25) is 0 Å². The van der Waals surface area contributed by atoms with Crippen molar-refractivity contribution < 1.29 is 19.7 Å². The van der Waals surface area contributed by atoms with Gasteiger partial charge in [-0.2, -0.15) is 0 Å². The number of methoxy groups -OCH3 is 2. The number of hydrogen-bond donors (Lipinski definition) is 2. The van der Waals surface area contributed by atoms with Crippen LogP contribution in [-0.4, -0.2) is 36.6 Å². The summed E-state index contributed by atoms with van der Waals surface area (Å²) in [6, 6.07) is 23.0. The summed E-state index contributed by atoms with van der Waals surface area (Å²) in [6.07, 6.45) is -0.499. The second kappa shape index (κ2) is 9.08. The molecule has 5 heteroatoms. The zero-order chi connectivity index (χ0) is 23.8. The first-order valence-corrected chi connectivity index (χ1v) is 11.3. The number of phenolic OH excluding ortho intramolecular Hbond substituents is 2. The third-order valence-electron chi connectivity index (χ3n) is 6.59. The van der Waals surface area contributed by atoms with E-state index < -0.39 is 0 Å². The molecule has 4 rings (SSSR count). The predicted molar refractivity (Wildman–Crippen MR) is 131 cm³/mol. The monoisotopic (exact) mass is 447 g/mol. The average Bonchev–Trinajstić information content (AvgIpc) is 3.14. The van der Waals surface area contributed by atoms with Crippen LogP contribution in [0.15, 0.2) is 72.8 Å². The van der Waals surface area contributed by atoms with Gasteiger partial charge in [0.25, 0.3) is 0 Å². The highest BCUT2D eigenvalue weighted by molar-refractivity contribution is 5.57. The van der Waals surface area contributed by atoms with Crippen molar-refractivity contribution in [2.45, 2.75) is 50.5 Å². The second-order valence-electron chi connectivity index (χ2n) is 9.68. The number of anilines is 1. The highest BCUT2D eigenvalue weighted by atomic mass is 16.5. The Morgan fingerprint density at radius 3 is 1.36 bits per heavy atom. The molecule has 33 heavy (non-hydrogen) atoms. The molecule has 0 spiro atoms. The van der Waals surface area contributed by atoms with Crippen molar-refractivity contribution in [1.29, 1.82) is 0 Å². The van der Waals surface area contributed by atoms with Gasteiger partial charge in [0.2, 0.25) is 0 Å². The molecule has 174 valence electrons. The average molecular weight is 448 g/mol. The Hall–Kier alpha value is -3.02. The lowest BCUT2D eigenvalue weighted by atomic mass is 9.87. The summed E-state index contributed by atoms with van der Waals surface area (Å²) in [5.74, 6) is 0.454. The standard InChI is InChI=1S/C28H33NO4/c1-28(2,3)20-10-12-21(13-11-20)29-24(18-6-14-22(30)15-7-18)26(32-4)27(33-5)25(29)19-8-16-23(31)17-9-19/h6-17,24-27,30-31H,1-5H3/t24-,25-,26-,27-/m1/s1. The van der Waals surface area contributed by atoms with Gasteiger partial charge in [0.1, 0.15) is 23.7 Å². The number of phenols is 2. The minimum atomic E-state index is -0.249. The Morgan fingerprint density at radius 2 is 1.03 bits per heavy atom. The summed E-state index contributed by atoms with van der Waals surface area (Å²) in [4.78, 5) is 2.34. The van der Waals surface area contributed by atoms with Gasteiger partial charge in [-0.05, 0) is 58.5 Å². The predicted octanol–water partition coefficient (Wildman–Crippen LogP) is 5.73. The molecular weight excluding hydrogens is 414 g/mol. The molecule has 0 unspecified atom stereocenters. The zero-order valence-corrected chi connectivity index (χ0v) is 19.9. The summed E-state index contributed by atoms with van der Waals surface area (Å²) in [5.41, 5.74) is 4.44. The van der Waals surface area contributed by atoms with Crippen LogP contribution in [0.25, 0.3) is 0 Å². The van der Waals surface area contributed by atoms with Crippen molar-refractivity contribution in [3.05, 3.63) is 89.5 Å². The van der Waals surface area contributed by atoms with Gasteiger partial charge in [0, 0.05) is 19.9 Å². The van der Waals surface area contributed by atoms with E-state index >= 15 is 0 Å². The number of benzene rings is 3. The largest absolute Gasteiger partial charge is 0.508 e. The molecule has 1 aliphatic heterocycles. The van der Waals surface area contributed by atoms with Crippen LogP contribution in [0.5, 0.6) is 11.5 Å².